The van der Waals surface area contributed by atoms with Gasteiger partial charge in [-0.1, -0.05) is 0 Å². The SMILES string of the molecule is CO[C@@H]1O[C@H](CN2C(=O)N(C(C)(C)C)C(=O)C2C(C(F)(F)F)C(F)(F)F)[C@H]2OC(C)(C)O[C@@H]12. The summed E-state index contributed by atoms with van der Waals surface area (Å²) in [5, 5.41) is 0. The Morgan fingerprint density at radius 2 is 1.52 bits per heavy atom. The lowest BCUT2D eigenvalue weighted by atomic mass is 9.95. The van der Waals surface area contributed by atoms with Crippen LogP contribution in [0.2, 0.25) is 0 Å². The maximum Gasteiger partial charge on any atom is 0.403 e. The first kappa shape index (κ1) is 26.0. The van der Waals surface area contributed by atoms with Gasteiger partial charge in [-0.25, -0.2) is 4.79 Å². The van der Waals surface area contributed by atoms with Gasteiger partial charge in [-0.15, -0.1) is 0 Å². The number of imide groups is 1. The van der Waals surface area contributed by atoms with E-state index in [1.807, 2.05) is 0 Å². The molecule has 3 amide bonds. The topological polar surface area (TPSA) is 77.5 Å². The highest BCUT2D eigenvalue weighted by Gasteiger charge is 2.68. The molecule has 0 aromatic rings. The highest BCUT2D eigenvalue weighted by atomic mass is 19.4. The molecule has 3 rings (SSSR count). The number of carbonyl (C=O) groups excluding carboxylic acids is 2. The molecular weight excluding hydrogens is 466 g/mol. The van der Waals surface area contributed by atoms with Gasteiger partial charge < -0.3 is 23.8 Å². The predicted octanol–water partition coefficient (Wildman–Crippen LogP) is 3.05. The molecule has 5 atom stereocenters. The van der Waals surface area contributed by atoms with Gasteiger partial charge in [0.2, 0.25) is 0 Å². The van der Waals surface area contributed by atoms with Gasteiger partial charge in [0.15, 0.2) is 18.0 Å². The molecule has 0 N–H and O–H groups in total. The molecule has 0 aromatic heterocycles. The lowest BCUT2D eigenvalue weighted by molar-refractivity contribution is -0.294. The van der Waals surface area contributed by atoms with Crippen LogP contribution in [0.25, 0.3) is 0 Å². The second kappa shape index (κ2) is 7.95. The zero-order valence-corrected chi connectivity index (χ0v) is 18.8. The number of carbonyl (C=O) groups is 2. The van der Waals surface area contributed by atoms with Gasteiger partial charge in [-0.05, 0) is 34.6 Å². The minimum atomic E-state index is -5.84. The second-order valence-corrected chi connectivity index (χ2v) is 9.63. The van der Waals surface area contributed by atoms with Gasteiger partial charge in [0, 0.05) is 12.6 Å². The van der Waals surface area contributed by atoms with Crippen molar-refractivity contribution in [2.24, 2.45) is 5.92 Å². The van der Waals surface area contributed by atoms with E-state index in [0.717, 1.165) is 0 Å². The first-order valence-electron chi connectivity index (χ1n) is 10.1. The number of alkyl halides is 6. The number of urea groups is 1. The molecule has 33 heavy (non-hydrogen) atoms. The number of amides is 3. The Balaban J connectivity index is 2.01. The lowest BCUT2D eigenvalue weighted by Gasteiger charge is -2.33. The Morgan fingerprint density at radius 1 is 1.00 bits per heavy atom. The molecular formula is C19H26F6N2O6. The summed E-state index contributed by atoms with van der Waals surface area (Å²) >= 11 is 0. The van der Waals surface area contributed by atoms with Crippen molar-refractivity contribution < 1.29 is 54.9 Å². The Bertz CT molecular complexity index is 781. The first-order chi connectivity index (χ1) is 14.8. The Morgan fingerprint density at radius 3 is 1.97 bits per heavy atom. The number of halogens is 6. The minimum absolute atomic E-state index is 0.272. The zero-order valence-electron chi connectivity index (χ0n) is 18.8. The molecule has 14 heteroatoms. The molecule has 3 fully saturated rings. The summed E-state index contributed by atoms with van der Waals surface area (Å²) in [5.41, 5.74) is -1.37. The van der Waals surface area contributed by atoms with E-state index >= 15 is 0 Å². The fourth-order valence-electron chi connectivity index (χ4n) is 4.46. The Kier molecular flexibility index (Phi) is 6.26. The van der Waals surface area contributed by atoms with E-state index in [2.05, 4.69) is 0 Å². The van der Waals surface area contributed by atoms with Crippen molar-refractivity contribution in [2.45, 2.75) is 88.9 Å². The van der Waals surface area contributed by atoms with Crippen LogP contribution in [-0.2, 0) is 23.7 Å². The highest BCUT2D eigenvalue weighted by Crippen LogP contribution is 2.47. The van der Waals surface area contributed by atoms with E-state index in [0.29, 0.717) is 4.90 Å². The van der Waals surface area contributed by atoms with Crippen molar-refractivity contribution in [3.8, 4) is 0 Å². The smallest absolute Gasteiger partial charge is 0.353 e. The van der Waals surface area contributed by atoms with Crippen molar-refractivity contribution in [1.29, 1.82) is 0 Å². The van der Waals surface area contributed by atoms with Crippen LogP contribution in [0.4, 0.5) is 31.1 Å². The third-order valence-electron chi connectivity index (χ3n) is 5.65. The Labute approximate surface area is 186 Å². The summed E-state index contributed by atoms with van der Waals surface area (Å²) in [6.45, 7) is 6.35. The van der Waals surface area contributed by atoms with Crippen LogP contribution in [-0.4, -0.2) is 89.7 Å². The van der Waals surface area contributed by atoms with Crippen molar-refractivity contribution in [1.82, 2.24) is 9.80 Å². The third-order valence-corrected chi connectivity index (χ3v) is 5.65. The fourth-order valence-corrected chi connectivity index (χ4v) is 4.46. The van der Waals surface area contributed by atoms with Gasteiger partial charge in [0.05, 0.1) is 6.54 Å². The van der Waals surface area contributed by atoms with Crippen molar-refractivity contribution in [3.05, 3.63) is 0 Å². The number of rotatable bonds is 4. The standard InChI is InChI=1S/C19H26F6N2O6/c1-16(2,3)27-13(28)9(12(18(20,21)22)19(23,24)25)26(15(27)29)7-8-10-11(14(30-6)31-8)33-17(4,5)32-10/h8-12,14H,7H2,1-6H3/t8-,9?,10-,11-,14-/m1/s1. The molecule has 0 aromatic carbocycles. The van der Waals surface area contributed by atoms with E-state index in [4.69, 9.17) is 18.9 Å². The molecule has 3 aliphatic rings. The highest BCUT2D eigenvalue weighted by molar-refractivity contribution is 6.05. The van der Waals surface area contributed by atoms with Gasteiger partial charge in [0.1, 0.15) is 24.4 Å². The van der Waals surface area contributed by atoms with Gasteiger partial charge in [0.25, 0.3) is 5.91 Å². The molecule has 0 bridgehead atoms. The number of hydrogen-bond acceptors (Lipinski definition) is 6. The lowest BCUT2D eigenvalue weighted by Crippen LogP contribution is -2.55. The average molecular weight is 492 g/mol. The zero-order chi connectivity index (χ0) is 25.3. The van der Waals surface area contributed by atoms with Crippen LogP contribution in [0.3, 0.4) is 0 Å². The first-order valence-corrected chi connectivity index (χ1v) is 10.1. The quantitative estimate of drug-likeness (QED) is 0.444. The number of methoxy groups -OCH3 is 1. The molecule has 1 unspecified atom stereocenters. The molecule has 190 valence electrons. The largest absolute Gasteiger partial charge is 0.403 e. The number of ether oxygens (including phenoxy) is 4. The average Bonchev–Trinajstić information content (AvgIpc) is 3.14. The number of fused-ring (bicyclic) bond motifs is 1. The molecule has 0 saturated carbocycles. The summed E-state index contributed by atoms with van der Waals surface area (Å²) in [6, 6.07) is -4.13. The normalized spacial score (nSPS) is 32.9. The van der Waals surface area contributed by atoms with Crippen LogP contribution in [0.1, 0.15) is 34.6 Å². The summed E-state index contributed by atoms with van der Waals surface area (Å²) in [4.78, 5) is 26.6. The summed E-state index contributed by atoms with van der Waals surface area (Å²) in [5.74, 6) is -6.80. The molecule has 8 nitrogen and oxygen atoms in total. The minimum Gasteiger partial charge on any atom is -0.353 e. The van der Waals surface area contributed by atoms with E-state index in [9.17, 15) is 35.9 Å². The fraction of sp³-hybridized carbons (Fsp3) is 0.895. The van der Waals surface area contributed by atoms with Crippen LogP contribution in [0.15, 0.2) is 0 Å². The van der Waals surface area contributed by atoms with Crippen LogP contribution in [0.5, 0.6) is 0 Å². The molecule has 0 aliphatic carbocycles. The van der Waals surface area contributed by atoms with E-state index < -0.39 is 78.7 Å². The van der Waals surface area contributed by atoms with Crippen LogP contribution < -0.4 is 0 Å². The van der Waals surface area contributed by atoms with Crippen LogP contribution in [0, 0.1) is 5.92 Å². The second-order valence-electron chi connectivity index (χ2n) is 9.63. The molecule has 3 aliphatic heterocycles. The van der Waals surface area contributed by atoms with Gasteiger partial charge in [-0.2, -0.15) is 26.3 Å². The van der Waals surface area contributed by atoms with E-state index in [1.165, 1.54) is 27.9 Å². The van der Waals surface area contributed by atoms with E-state index in [-0.39, 0.29) is 4.90 Å². The summed E-state index contributed by atoms with van der Waals surface area (Å²) in [6.07, 6.45) is -15.7. The van der Waals surface area contributed by atoms with Crippen molar-refractivity contribution in [3.63, 3.8) is 0 Å². The maximum absolute atomic E-state index is 13.6. The summed E-state index contributed by atoms with van der Waals surface area (Å²) in [7, 11) is 1.27. The van der Waals surface area contributed by atoms with Crippen LogP contribution >= 0.6 is 0 Å². The predicted molar refractivity (Wildman–Crippen MR) is 97.6 cm³/mol. The monoisotopic (exact) mass is 492 g/mol. The molecule has 3 saturated heterocycles. The molecule has 3 heterocycles. The van der Waals surface area contributed by atoms with Gasteiger partial charge >= 0.3 is 18.4 Å². The molecule has 0 radical (unpaired) electrons. The van der Waals surface area contributed by atoms with Crippen molar-refractivity contribution >= 4 is 11.9 Å². The maximum atomic E-state index is 13.6. The van der Waals surface area contributed by atoms with Crippen molar-refractivity contribution in [2.75, 3.05) is 13.7 Å². The molecule has 0 spiro atoms. The number of nitrogens with zero attached hydrogens (tertiary/aromatic N) is 2. The number of hydrogen-bond donors (Lipinski definition) is 0. The Hall–Kier alpha value is -1.64. The van der Waals surface area contributed by atoms with Gasteiger partial charge in [-0.3, -0.25) is 9.69 Å². The van der Waals surface area contributed by atoms with E-state index in [1.54, 1.807) is 13.8 Å². The third kappa shape index (κ3) is 4.66. The summed E-state index contributed by atoms with van der Waals surface area (Å²) < 4.78 is 104.